The first kappa shape index (κ1) is 11.7. The quantitative estimate of drug-likeness (QED) is 0.431. The Morgan fingerprint density at radius 2 is 1.87 bits per heavy atom. The van der Waals surface area contributed by atoms with Crippen molar-refractivity contribution >= 4 is 17.3 Å². The second-order valence-corrected chi connectivity index (χ2v) is 2.95. The lowest BCUT2D eigenvalue weighted by molar-refractivity contribution is -0.387. The number of hydrogen-bond acceptors (Lipinski definition) is 2. The lowest BCUT2D eigenvalue weighted by atomic mass is 10.2. The number of benzene rings is 1. The van der Waals surface area contributed by atoms with Crippen molar-refractivity contribution in [2.75, 3.05) is 0 Å². The third-order valence-electron chi connectivity index (χ3n) is 1.54. The first-order valence-corrected chi connectivity index (χ1v) is 3.82. The van der Waals surface area contributed by atoms with E-state index in [0.29, 0.717) is 0 Å². The van der Waals surface area contributed by atoms with E-state index < -0.39 is 33.2 Å². The van der Waals surface area contributed by atoms with E-state index in [0.717, 1.165) is 0 Å². The molecule has 1 rings (SSSR count). The topological polar surface area (TPSA) is 43.1 Å². The van der Waals surface area contributed by atoms with Crippen LogP contribution in [0.25, 0.3) is 0 Å². The first-order valence-electron chi connectivity index (χ1n) is 3.44. The number of rotatable bonds is 1. The fraction of sp³-hybridized carbons (Fsp3) is 0.143. The third kappa shape index (κ3) is 2.35. The molecule has 8 heteroatoms. The van der Waals surface area contributed by atoms with E-state index in [1.165, 1.54) is 0 Å². The second kappa shape index (κ2) is 3.65. The third-order valence-corrected chi connectivity index (χ3v) is 1.85. The molecule has 0 saturated carbocycles. The van der Waals surface area contributed by atoms with Gasteiger partial charge in [-0.2, -0.15) is 17.6 Å². The summed E-state index contributed by atoms with van der Waals surface area (Å²) in [4.78, 5) is 8.92. The summed E-state index contributed by atoms with van der Waals surface area (Å²) in [7, 11) is 0. The molecule has 15 heavy (non-hydrogen) atoms. The predicted molar refractivity (Wildman–Crippen MR) is 43.1 cm³/mol. The summed E-state index contributed by atoms with van der Waals surface area (Å²) >= 11 is 5.11. The molecular weight excluding hydrogens is 242 g/mol. The Labute approximate surface area is 85.4 Å². The Kier molecular flexibility index (Phi) is 2.85. The molecule has 0 fully saturated rings. The average Bonchev–Trinajstić information content (AvgIpc) is 2.00. The molecular formula is C7H2ClF4NO2. The van der Waals surface area contributed by atoms with Crippen LogP contribution >= 0.6 is 11.6 Å². The lowest BCUT2D eigenvalue weighted by Gasteiger charge is -2.08. The van der Waals surface area contributed by atoms with Gasteiger partial charge in [-0.3, -0.25) is 10.1 Å². The van der Waals surface area contributed by atoms with Crippen LogP contribution in [0.1, 0.15) is 5.56 Å². The van der Waals surface area contributed by atoms with E-state index in [1.54, 1.807) is 0 Å². The Morgan fingerprint density at radius 1 is 1.33 bits per heavy atom. The zero-order valence-electron chi connectivity index (χ0n) is 6.81. The molecule has 0 amide bonds. The molecule has 0 atom stereocenters. The monoisotopic (exact) mass is 243 g/mol. The smallest absolute Gasteiger partial charge is 0.258 e. The van der Waals surface area contributed by atoms with Gasteiger partial charge in [0.2, 0.25) is 5.82 Å². The van der Waals surface area contributed by atoms with Crippen LogP contribution < -0.4 is 0 Å². The minimum absolute atomic E-state index is 0.0671. The lowest BCUT2D eigenvalue weighted by Crippen LogP contribution is -2.07. The average molecular weight is 244 g/mol. The summed E-state index contributed by atoms with van der Waals surface area (Å²) in [5, 5.41) is 9.26. The highest BCUT2D eigenvalue weighted by molar-refractivity contribution is 6.31. The number of nitro benzene ring substituents is 1. The molecule has 3 nitrogen and oxygen atoms in total. The van der Waals surface area contributed by atoms with E-state index in [9.17, 15) is 27.7 Å². The molecule has 0 bridgehead atoms. The van der Waals surface area contributed by atoms with E-state index in [2.05, 4.69) is 0 Å². The maximum absolute atomic E-state index is 12.8. The van der Waals surface area contributed by atoms with Gasteiger partial charge in [-0.1, -0.05) is 11.6 Å². The molecule has 0 saturated heterocycles. The van der Waals surface area contributed by atoms with Crippen molar-refractivity contribution in [1.82, 2.24) is 0 Å². The summed E-state index contributed by atoms with van der Waals surface area (Å²) in [5.41, 5.74) is -2.69. The summed E-state index contributed by atoms with van der Waals surface area (Å²) in [6.07, 6.45) is -4.85. The molecule has 1 aromatic rings. The Hall–Kier alpha value is -1.37. The van der Waals surface area contributed by atoms with Gasteiger partial charge in [0.25, 0.3) is 0 Å². The largest absolute Gasteiger partial charge is 0.418 e. The molecule has 0 spiro atoms. The predicted octanol–water partition coefficient (Wildman–Crippen LogP) is 3.41. The highest BCUT2D eigenvalue weighted by Crippen LogP contribution is 2.37. The van der Waals surface area contributed by atoms with E-state index in [4.69, 9.17) is 11.6 Å². The summed E-state index contributed by atoms with van der Waals surface area (Å²) < 4.78 is 49.4. The van der Waals surface area contributed by atoms with Crippen molar-refractivity contribution in [1.29, 1.82) is 0 Å². The maximum Gasteiger partial charge on any atom is 0.418 e. The molecule has 1 aromatic carbocycles. The number of alkyl halides is 3. The van der Waals surface area contributed by atoms with Gasteiger partial charge in [0.15, 0.2) is 0 Å². The van der Waals surface area contributed by atoms with Crippen molar-refractivity contribution in [3.8, 4) is 0 Å². The van der Waals surface area contributed by atoms with Crippen LogP contribution in [0.15, 0.2) is 12.1 Å². The maximum atomic E-state index is 12.8. The van der Waals surface area contributed by atoms with E-state index >= 15 is 0 Å². The first-order chi connectivity index (χ1) is 6.73. The minimum atomic E-state index is -4.85. The van der Waals surface area contributed by atoms with Gasteiger partial charge in [-0.15, -0.1) is 0 Å². The van der Waals surface area contributed by atoms with Crippen molar-refractivity contribution in [3.05, 3.63) is 38.7 Å². The molecule has 0 aromatic heterocycles. The van der Waals surface area contributed by atoms with Gasteiger partial charge in [0.05, 0.1) is 15.5 Å². The second-order valence-electron chi connectivity index (χ2n) is 2.54. The van der Waals surface area contributed by atoms with Gasteiger partial charge in [0, 0.05) is 12.1 Å². The molecule has 0 radical (unpaired) electrons. The fourth-order valence-electron chi connectivity index (χ4n) is 0.895. The van der Waals surface area contributed by atoms with E-state index in [1.807, 2.05) is 0 Å². The van der Waals surface area contributed by atoms with Crippen LogP contribution in [0, 0.1) is 15.9 Å². The number of hydrogen-bond donors (Lipinski definition) is 0. The van der Waals surface area contributed by atoms with Crippen molar-refractivity contribution in [2.24, 2.45) is 0 Å². The van der Waals surface area contributed by atoms with Gasteiger partial charge in [-0.25, -0.2) is 0 Å². The molecule has 0 aliphatic rings. The summed E-state index contributed by atoms with van der Waals surface area (Å²) in [5.74, 6) is -1.40. The highest BCUT2D eigenvalue weighted by Gasteiger charge is 2.36. The number of nitro groups is 1. The van der Waals surface area contributed by atoms with Crippen LogP contribution in [0.5, 0.6) is 0 Å². The van der Waals surface area contributed by atoms with Crippen LogP contribution in [0.2, 0.25) is 5.02 Å². The molecule has 0 N–H and O–H groups in total. The van der Waals surface area contributed by atoms with E-state index in [-0.39, 0.29) is 12.1 Å². The van der Waals surface area contributed by atoms with Crippen LogP contribution in [0.4, 0.5) is 23.2 Å². The molecule has 0 heterocycles. The number of halogens is 5. The Bertz CT molecular complexity index is 418. The van der Waals surface area contributed by atoms with Crippen molar-refractivity contribution in [3.63, 3.8) is 0 Å². The molecule has 0 unspecified atom stereocenters. The Balaban J connectivity index is 3.43. The van der Waals surface area contributed by atoms with Crippen molar-refractivity contribution < 1.29 is 22.5 Å². The van der Waals surface area contributed by atoms with Gasteiger partial charge >= 0.3 is 11.9 Å². The standard InChI is InChI=1S/C7H2ClF4NO2/c8-4-2-5(9)6(13(14)15)1-3(4)7(10,11)12/h1-2H. The minimum Gasteiger partial charge on any atom is -0.258 e. The van der Waals surface area contributed by atoms with Crippen LogP contribution in [-0.2, 0) is 6.18 Å². The summed E-state index contributed by atoms with van der Waals surface area (Å²) in [6, 6.07) is 0.334. The SMILES string of the molecule is O=[N+]([O-])c1cc(C(F)(F)F)c(Cl)cc1F. The summed E-state index contributed by atoms with van der Waals surface area (Å²) in [6.45, 7) is 0. The van der Waals surface area contributed by atoms with Gasteiger partial charge in [0.1, 0.15) is 0 Å². The highest BCUT2D eigenvalue weighted by atomic mass is 35.5. The zero-order valence-corrected chi connectivity index (χ0v) is 7.56. The number of nitrogens with zero attached hydrogens (tertiary/aromatic N) is 1. The zero-order chi connectivity index (χ0) is 11.8. The van der Waals surface area contributed by atoms with Crippen LogP contribution in [-0.4, -0.2) is 4.92 Å². The molecule has 82 valence electrons. The van der Waals surface area contributed by atoms with Crippen LogP contribution in [0.3, 0.4) is 0 Å². The van der Waals surface area contributed by atoms with Gasteiger partial charge in [-0.05, 0) is 0 Å². The fourth-order valence-corrected chi connectivity index (χ4v) is 1.15. The molecule has 0 aliphatic heterocycles. The Morgan fingerprint density at radius 3 is 2.27 bits per heavy atom. The van der Waals surface area contributed by atoms with Gasteiger partial charge < -0.3 is 0 Å². The molecule has 0 aliphatic carbocycles. The van der Waals surface area contributed by atoms with Crippen molar-refractivity contribution in [2.45, 2.75) is 6.18 Å². The normalized spacial score (nSPS) is 11.5.